The van der Waals surface area contributed by atoms with E-state index in [1.165, 1.54) is 31.3 Å². The summed E-state index contributed by atoms with van der Waals surface area (Å²) in [4.78, 5) is 15.7. The summed E-state index contributed by atoms with van der Waals surface area (Å²) in [5.74, 6) is 1.57. The molecule has 2 rings (SSSR count). The highest BCUT2D eigenvalue weighted by atomic mass is 19.3. The van der Waals surface area contributed by atoms with Gasteiger partial charge in [-0.1, -0.05) is 24.8 Å². The van der Waals surface area contributed by atoms with Crippen LogP contribution in [0.3, 0.4) is 0 Å². The number of pyridine rings is 1. The lowest BCUT2D eigenvalue weighted by atomic mass is 10.2. The molecule has 1 aromatic heterocycles. The van der Waals surface area contributed by atoms with E-state index in [9.17, 15) is 18.0 Å². The van der Waals surface area contributed by atoms with Crippen LogP contribution in [0.25, 0.3) is 0 Å². The Balaban J connectivity index is 2.02. The summed E-state index contributed by atoms with van der Waals surface area (Å²) in [5.41, 5.74) is 1.06. The van der Waals surface area contributed by atoms with Gasteiger partial charge in [0.25, 0.3) is 11.8 Å². The van der Waals surface area contributed by atoms with E-state index in [2.05, 4.69) is 22.1 Å². The molecule has 0 radical (unpaired) electrons. The van der Waals surface area contributed by atoms with Crippen molar-refractivity contribution in [2.75, 3.05) is 6.54 Å². The standard InChI is InChI=1S/C18H15F3N2O/c1-2-18(20,21)12-23-17(24)16-9-8-14(11-22-16)7-6-13-4-3-5-15(19)10-13/h3-5,8-11H,2,12H2,1H3,(H,23,24). The maximum absolute atomic E-state index is 13.1. The Bertz CT molecular complexity index is 777. The van der Waals surface area contributed by atoms with Crippen molar-refractivity contribution in [3.8, 4) is 11.8 Å². The number of carbonyl (C=O) groups excluding carboxylic acids is 1. The highest BCUT2D eigenvalue weighted by Gasteiger charge is 2.26. The molecule has 0 unspecified atom stereocenters. The lowest BCUT2D eigenvalue weighted by Gasteiger charge is -2.14. The maximum atomic E-state index is 13.1. The second-order valence-electron chi connectivity index (χ2n) is 5.08. The van der Waals surface area contributed by atoms with Crippen molar-refractivity contribution in [3.63, 3.8) is 0 Å². The SMILES string of the molecule is CCC(F)(F)CNC(=O)c1ccc(C#Cc2cccc(F)c2)cn1. The molecule has 1 N–H and O–H groups in total. The lowest BCUT2D eigenvalue weighted by molar-refractivity contribution is -0.00106. The number of alkyl halides is 2. The molecule has 0 saturated heterocycles. The number of aromatic nitrogens is 1. The first-order valence-electron chi connectivity index (χ1n) is 7.29. The molecule has 0 saturated carbocycles. The Morgan fingerprint density at radius 2 is 1.96 bits per heavy atom. The summed E-state index contributed by atoms with van der Waals surface area (Å²) in [5, 5.41) is 2.14. The van der Waals surface area contributed by atoms with Crippen LogP contribution in [0.2, 0.25) is 0 Å². The van der Waals surface area contributed by atoms with Gasteiger partial charge in [-0.05, 0) is 30.3 Å². The van der Waals surface area contributed by atoms with E-state index in [4.69, 9.17) is 0 Å². The molecule has 0 aliphatic carbocycles. The molecule has 0 aliphatic rings. The predicted octanol–water partition coefficient (Wildman–Crippen LogP) is 3.40. The Morgan fingerprint density at radius 3 is 2.58 bits per heavy atom. The van der Waals surface area contributed by atoms with Gasteiger partial charge < -0.3 is 5.32 Å². The number of hydrogen-bond donors (Lipinski definition) is 1. The molecule has 0 atom stereocenters. The number of amides is 1. The largest absolute Gasteiger partial charge is 0.345 e. The number of benzene rings is 1. The second kappa shape index (κ2) is 7.64. The van der Waals surface area contributed by atoms with Gasteiger partial charge in [0, 0.05) is 23.7 Å². The van der Waals surface area contributed by atoms with Gasteiger partial charge in [0.1, 0.15) is 11.5 Å². The summed E-state index contributed by atoms with van der Waals surface area (Å²) < 4.78 is 39.2. The third-order valence-corrected chi connectivity index (χ3v) is 3.20. The molecule has 0 fully saturated rings. The number of rotatable bonds is 4. The van der Waals surface area contributed by atoms with Crippen molar-refractivity contribution in [2.45, 2.75) is 19.3 Å². The Morgan fingerprint density at radius 1 is 1.21 bits per heavy atom. The molecule has 0 bridgehead atoms. The summed E-state index contributed by atoms with van der Waals surface area (Å²) in [6, 6.07) is 8.79. The third kappa shape index (κ3) is 5.13. The van der Waals surface area contributed by atoms with Crippen molar-refractivity contribution < 1.29 is 18.0 Å². The van der Waals surface area contributed by atoms with E-state index < -0.39 is 18.4 Å². The van der Waals surface area contributed by atoms with E-state index in [0.717, 1.165) is 0 Å². The maximum Gasteiger partial charge on any atom is 0.270 e. The van der Waals surface area contributed by atoms with E-state index in [-0.39, 0.29) is 17.9 Å². The second-order valence-corrected chi connectivity index (χ2v) is 5.08. The highest BCUT2D eigenvalue weighted by molar-refractivity contribution is 5.92. The van der Waals surface area contributed by atoms with Gasteiger partial charge in [-0.3, -0.25) is 4.79 Å². The number of hydrogen-bond acceptors (Lipinski definition) is 2. The number of nitrogens with one attached hydrogen (secondary N) is 1. The molecular formula is C18H15F3N2O. The Kier molecular flexibility index (Phi) is 5.59. The molecule has 6 heteroatoms. The lowest BCUT2D eigenvalue weighted by Crippen LogP contribution is -2.36. The fraction of sp³-hybridized carbons (Fsp3) is 0.222. The first kappa shape index (κ1) is 17.5. The van der Waals surface area contributed by atoms with Crippen LogP contribution in [0.4, 0.5) is 13.2 Å². The summed E-state index contributed by atoms with van der Waals surface area (Å²) in [6.07, 6.45) is 1.01. The zero-order valence-corrected chi connectivity index (χ0v) is 12.9. The van der Waals surface area contributed by atoms with E-state index in [1.54, 1.807) is 18.2 Å². The van der Waals surface area contributed by atoms with Crippen LogP contribution < -0.4 is 5.32 Å². The molecule has 1 aromatic carbocycles. The minimum atomic E-state index is -2.94. The van der Waals surface area contributed by atoms with Crippen LogP contribution in [0.15, 0.2) is 42.6 Å². The smallest absolute Gasteiger partial charge is 0.270 e. The zero-order chi connectivity index (χ0) is 17.6. The predicted molar refractivity (Wildman–Crippen MR) is 84.2 cm³/mol. The van der Waals surface area contributed by atoms with Gasteiger partial charge >= 0.3 is 0 Å². The molecular weight excluding hydrogens is 317 g/mol. The minimum Gasteiger partial charge on any atom is -0.345 e. The summed E-state index contributed by atoms with van der Waals surface area (Å²) >= 11 is 0. The fourth-order valence-corrected chi connectivity index (χ4v) is 1.74. The molecule has 24 heavy (non-hydrogen) atoms. The number of carbonyl (C=O) groups is 1. The van der Waals surface area contributed by atoms with Crippen molar-refractivity contribution in [1.82, 2.24) is 10.3 Å². The van der Waals surface area contributed by atoms with Gasteiger partial charge in [-0.2, -0.15) is 0 Å². The van der Waals surface area contributed by atoms with Crippen molar-refractivity contribution in [3.05, 3.63) is 65.2 Å². The average molecular weight is 332 g/mol. The molecule has 124 valence electrons. The quantitative estimate of drug-likeness (QED) is 0.872. The van der Waals surface area contributed by atoms with Crippen LogP contribution >= 0.6 is 0 Å². The Hall–Kier alpha value is -2.81. The van der Waals surface area contributed by atoms with E-state index >= 15 is 0 Å². The zero-order valence-electron chi connectivity index (χ0n) is 12.9. The fourth-order valence-electron chi connectivity index (χ4n) is 1.74. The third-order valence-electron chi connectivity index (χ3n) is 3.20. The number of nitrogens with zero attached hydrogens (tertiary/aromatic N) is 1. The number of halogens is 3. The average Bonchev–Trinajstić information content (AvgIpc) is 2.58. The van der Waals surface area contributed by atoms with Crippen LogP contribution in [-0.2, 0) is 0 Å². The molecule has 0 aliphatic heterocycles. The monoisotopic (exact) mass is 332 g/mol. The molecule has 2 aromatic rings. The summed E-state index contributed by atoms with van der Waals surface area (Å²) in [6.45, 7) is 0.613. The first-order chi connectivity index (χ1) is 11.4. The minimum absolute atomic E-state index is 0.0261. The Labute approximate surface area is 137 Å². The summed E-state index contributed by atoms with van der Waals surface area (Å²) in [7, 11) is 0. The van der Waals surface area contributed by atoms with Crippen molar-refractivity contribution in [2.24, 2.45) is 0 Å². The molecule has 1 heterocycles. The molecule has 0 spiro atoms. The highest BCUT2D eigenvalue weighted by Crippen LogP contribution is 2.16. The first-order valence-corrected chi connectivity index (χ1v) is 7.29. The topological polar surface area (TPSA) is 42.0 Å². The van der Waals surface area contributed by atoms with Crippen molar-refractivity contribution >= 4 is 5.91 Å². The van der Waals surface area contributed by atoms with Crippen LogP contribution in [0.5, 0.6) is 0 Å². The molecule has 3 nitrogen and oxygen atoms in total. The molecule has 1 amide bonds. The van der Waals surface area contributed by atoms with Gasteiger partial charge in [0.2, 0.25) is 0 Å². The normalized spacial score (nSPS) is 10.7. The van der Waals surface area contributed by atoms with Gasteiger partial charge in [-0.25, -0.2) is 18.2 Å². The van der Waals surface area contributed by atoms with E-state index in [1.807, 2.05) is 0 Å². The van der Waals surface area contributed by atoms with Crippen molar-refractivity contribution in [1.29, 1.82) is 0 Å². The van der Waals surface area contributed by atoms with E-state index in [0.29, 0.717) is 11.1 Å². The van der Waals surface area contributed by atoms with Gasteiger partial charge in [0.15, 0.2) is 0 Å². The van der Waals surface area contributed by atoms with Crippen LogP contribution in [0.1, 0.15) is 35.0 Å². The van der Waals surface area contributed by atoms with Gasteiger partial charge in [-0.15, -0.1) is 0 Å². The van der Waals surface area contributed by atoms with Crippen LogP contribution in [0, 0.1) is 17.7 Å². The van der Waals surface area contributed by atoms with Crippen LogP contribution in [-0.4, -0.2) is 23.4 Å². The van der Waals surface area contributed by atoms with Gasteiger partial charge in [0.05, 0.1) is 6.54 Å².